The number of aromatic amines is 1. The minimum absolute atomic E-state index is 0.00296. The molecule has 2 saturated heterocycles. The summed E-state index contributed by atoms with van der Waals surface area (Å²) in [6.07, 6.45) is 5.85. The van der Waals surface area contributed by atoms with Crippen molar-refractivity contribution in [2.75, 3.05) is 32.7 Å². The summed E-state index contributed by atoms with van der Waals surface area (Å²) in [5.41, 5.74) is 2.21. The molecule has 30 heavy (non-hydrogen) atoms. The number of ketones is 1. The van der Waals surface area contributed by atoms with Gasteiger partial charge in [0.25, 0.3) is 5.91 Å². The molecule has 1 amide bonds. The first-order chi connectivity index (χ1) is 14.7. The molecule has 3 aromatic rings. The van der Waals surface area contributed by atoms with Crippen molar-refractivity contribution in [1.82, 2.24) is 19.8 Å². The van der Waals surface area contributed by atoms with Gasteiger partial charge in [0.15, 0.2) is 5.78 Å². The molecule has 6 nitrogen and oxygen atoms in total. The lowest BCUT2D eigenvalue weighted by molar-refractivity contribution is 0.0787. The fourth-order valence-electron chi connectivity index (χ4n) is 4.47. The number of thiazole rings is 1. The van der Waals surface area contributed by atoms with Crippen molar-refractivity contribution in [1.29, 1.82) is 0 Å². The number of hydrogen-bond acceptors (Lipinski definition) is 5. The van der Waals surface area contributed by atoms with Gasteiger partial charge in [-0.05, 0) is 57.0 Å². The number of nitrogens with zero attached hydrogens (tertiary/aromatic N) is 3. The van der Waals surface area contributed by atoms with Crippen molar-refractivity contribution >= 4 is 33.2 Å². The highest BCUT2D eigenvalue weighted by Crippen LogP contribution is 2.33. The van der Waals surface area contributed by atoms with Gasteiger partial charge in [-0.15, -0.1) is 11.3 Å². The quantitative estimate of drug-likeness (QED) is 0.633. The number of carbonyl (C=O) groups is 2. The van der Waals surface area contributed by atoms with Crippen LogP contribution in [0.1, 0.15) is 57.5 Å². The van der Waals surface area contributed by atoms with Crippen molar-refractivity contribution in [3.05, 3.63) is 52.8 Å². The lowest BCUT2D eigenvalue weighted by Gasteiger charge is -2.30. The monoisotopic (exact) mass is 422 g/mol. The number of para-hydroxylation sites is 1. The Morgan fingerprint density at radius 1 is 1.10 bits per heavy atom. The van der Waals surface area contributed by atoms with Crippen LogP contribution in [0.4, 0.5) is 0 Å². The molecule has 0 saturated carbocycles. The number of piperidine rings is 1. The molecule has 1 N–H and O–H groups in total. The molecule has 2 aliphatic rings. The Morgan fingerprint density at radius 2 is 1.87 bits per heavy atom. The summed E-state index contributed by atoms with van der Waals surface area (Å²) in [5, 5.41) is 1.22. The normalized spacial score (nSPS) is 18.3. The number of carbonyl (C=O) groups excluding carboxylic acids is 2. The molecule has 7 heteroatoms. The topological polar surface area (TPSA) is 69.3 Å². The van der Waals surface area contributed by atoms with E-state index in [2.05, 4.69) is 28.1 Å². The maximum absolute atomic E-state index is 12.7. The van der Waals surface area contributed by atoms with E-state index in [1.165, 1.54) is 9.71 Å². The van der Waals surface area contributed by atoms with Gasteiger partial charge in [0.1, 0.15) is 5.69 Å². The van der Waals surface area contributed by atoms with Gasteiger partial charge in [-0.2, -0.15) is 0 Å². The third-order valence-corrected chi connectivity index (χ3v) is 7.44. The first kappa shape index (κ1) is 19.5. The Hall–Kier alpha value is -2.51. The third-order valence-electron chi connectivity index (χ3n) is 6.24. The zero-order valence-corrected chi connectivity index (χ0v) is 17.8. The second kappa shape index (κ2) is 8.32. The second-order valence-electron chi connectivity index (χ2n) is 8.29. The molecule has 0 spiro atoms. The molecular formula is C23H26N4O2S. The first-order valence-electron chi connectivity index (χ1n) is 10.8. The smallest absolute Gasteiger partial charge is 0.270 e. The van der Waals surface area contributed by atoms with E-state index in [9.17, 15) is 9.59 Å². The summed E-state index contributed by atoms with van der Waals surface area (Å²) in [6, 6.07) is 10.0. The van der Waals surface area contributed by atoms with Gasteiger partial charge in [-0.3, -0.25) is 14.5 Å². The number of hydrogen-bond donors (Lipinski definition) is 1. The van der Waals surface area contributed by atoms with Crippen LogP contribution in [0.15, 0.2) is 36.5 Å². The van der Waals surface area contributed by atoms with Gasteiger partial charge < -0.3 is 9.88 Å². The Bertz CT molecular complexity index is 1030. The van der Waals surface area contributed by atoms with Gasteiger partial charge in [0.05, 0.1) is 21.8 Å². The highest BCUT2D eigenvalue weighted by atomic mass is 32.1. The molecule has 0 aliphatic carbocycles. The van der Waals surface area contributed by atoms with Crippen LogP contribution in [0.2, 0.25) is 0 Å². The number of likely N-dealkylation sites (tertiary alicyclic amines) is 2. The SMILES string of the molecule is O=C(CN1CCC(c2nc3ccccc3s2)CC1)c1c[nH]c(C(=O)N2CCCC2)c1. The van der Waals surface area contributed by atoms with Crippen molar-refractivity contribution in [3.8, 4) is 0 Å². The van der Waals surface area contributed by atoms with Crippen molar-refractivity contribution < 1.29 is 9.59 Å². The van der Waals surface area contributed by atoms with Crippen LogP contribution in [0, 0.1) is 0 Å². The zero-order valence-electron chi connectivity index (χ0n) is 17.0. The van der Waals surface area contributed by atoms with Crippen molar-refractivity contribution in [3.63, 3.8) is 0 Å². The molecule has 2 aromatic heterocycles. The van der Waals surface area contributed by atoms with Crippen LogP contribution in [0.5, 0.6) is 0 Å². The standard InChI is InChI=1S/C23H26N4O2S/c28-20(17-13-19(24-14-17)23(29)27-9-3-4-10-27)15-26-11-7-16(8-12-26)22-25-18-5-1-2-6-21(18)30-22/h1-2,5-6,13-14,16,24H,3-4,7-12,15H2. The van der Waals surface area contributed by atoms with Crippen LogP contribution in [0.25, 0.3) is 10.2 Å². The number of aromatic nitrogens is 2. The van der Waals surface area contributed by atoms with E-state index in [0.29, 0.717) is 23.7 Å². The minimum atomic E-state index is 0.00296. The summed E-state index contributed by atoms with van der Waals surface area (Å²) in [5.74, 6) is 0.555. The number of benzene rings is 1. The van der Waals surface area contributed by atoms with Crippen LogP contribution >= 0.6 is 11.3 Å². The highest BCUT2D eigenvalue weighted by molar-refractivity contribution is 7.18. The van der Waals surface area contributed by atoms with E-state index < -0.39 is 0 Å². The Labute approximate surface area is 179 Å². The molecule has 0 radical (unpaired) electrons. The molecule has 2 aliphatic heterocycles. The summed E-state index contributed by atoms with van der Waals surface area (Å²) in [4.78, 5) is 37.1. The molecule has 2 fully saturated rings. The lowest BCUT2D eigenvalue weighted by Crippen LogP contribution is -2.36. The van der Waals surface area contributed by atoms with Gasteiger partial charge in [-0.25, -0.2) is 4.98 Å². The van der Waals surface area contributed by atoms with Gasteiger partial charge >= 0.3 is 0 Å². The van der Waals surface area contributed by atoms with Crippen LogP contribution in [0.3, 0.4) is 0 Å². The Morgan fingerprint density at radius 3 is 2.63 bits per heavy atom. The summed E-state index contributed by atoms with van der Waals surface area (Å²) in [7, 11) is 0. The lowest BCUT2D eigenvalue weighted by atomic mass is 9.97. The number of nitrogens with one attached hydrogen (secondary N) is 1. The molecule has 156 valence electrons. The third kappa shape index (κ3) is 3.91. The molecule has 4 heterocycles. The molecule has 0 atom stereocenters. The average Bonchev–Trinajstić information content (AvgIpc) is 3.54. The van der Waals surface area contributed by atoms with E-state index in [4.69, 9.17) is 4.98 Å². The van der Waals surface area contributed by atoms with Crippen LogP contribution in [-0.4, -0.2) is 64.2 Å². The maximum atomic E-state index is 12.7. The minimum Gasteiger partial charge on any atom is -0.356 e. The van der Waals surface area contributed by atoms with E-state index in [1.54, 1.807) is 23.6 Å². The van der Waals surface area contributed by atoms with Crippen LogP contribution < -0.4 is 0 Å². The van der Waals surface area contributed by atoms with Crippen molar-refractivity contribution in [2.45, 2.75) is 31.6 Å². The Kier molecular flexibility index (Phi) is 5.39. The van der Waals surface area contributed by atoms with Gasteiger partial charge in [0, 0.05) is 30.8 Å². The fraction of sp³-hybridized carbons (Fsp3) is 0.435. The highest BCUT2D eigenvalue weighted by Gasteiger charge is 2.26. The second-order valence-corrected chi connectivity index (χ2v) is 9.36. The number of fused-ring (bicyclic) bond motifs is 1. The van der Waals surface area contributed by atoms with Crippen molar-refractivity contribution in [2.24, 2.45) is 0 Å². The number of H-pyrrole nitrogens is 1. The predicted octanol–water partition coefficient (Wildman–Crippen LogP) is 3.92. The van der Waals surface area contributed by atoms with Gasteiger partial charge in [-0.1, -0.05) is 12.1 Å². The fourth-order valence-corrected chi connectivity index (χ4v) is 5.60. The van der Waals surface area contributed by atoms with Crippen LogP contribution in [-0.2, 0) is 0 Å². The number of amides is 1. The maximum Gasteiger partial charge on any atom is 0.270 e. The summed E-state index contributed by atoms with van der Waals surface area (Å²) >= 11 is 1.79. The molecule has 1 aromatic carbocycles. The van der Waals surface area contributed by atoms with E-state index in [0.717, 1.165) is 57.4 Å². The van der Waals surface area contributed by atoms with E-state index in [-0.39, 0.29) is 11.7 Å². The zero-order chi connectivity index (χ0) is 20.5. The molecule has 0 bridgehead atoms. The van der Waals surface area contributed by atoms with Gasteiger partial charge in [0.2, 0.25) is 0 Å². The summed E-state index contributed by atoms with van der Waals surface area (Å²) in [6.45, 7) is 3.82. The Balaban J connectivity index is 1.16. The number of Topliss-reactive ketones (excluding diaryl/α,β-unsaturated/α-hetero) is 1. The van der Waals surface area contributed by atoms with E-state index in [1.807, 2.05) is 11.0 Å². The molecule has 5 rings (SSSR count). The predicted molar refractivity (Wildman–Crippen MR) is 118 cm³/mol. The molecular weight excluding hydrogens is 396 g/mol. The summed E-state index contributed by atoms with van der Waals surface area (Å²) < 4.78 is 1.25. The number of rotatable bonds is 5. The van der Waals surface area contributed by atoms with E-state index >= 15 is 0 Å². The largest absolute Gasteiger partial charge is 0.356 e. The average molecular weight is 423 g/mol. The first-order valence-corrected chi connectivity index (χ1v) is 11.6. The molecule has 0 unspecified atom stereocenters.